The van der Waals surface area contributed by atoms with Crippen LogP contribution in [0.1, 0.15) is 0 Å². The first-order chi connectivity index (χ1) is 11.5. The van der Waals surface area contributed by atoms with E-state index in [0.29, 0.717) is 35.2 Å². The smallest absolute Gasteiger partial charge is 0.339 e. The number of ether oxygens (including phenoxy) is 3. The molecular weight excluding hydrogens is 325 g/mol. The monoisotopic (exact) mass is 341 g/mol. The Kier molecular flexibility index (Phi) is 3.74. The van der Waals surface area contributed by atoms with E-state index in [2.05, 4.69) is 0 Å². The van der Waals surface area contributed by atoms with E-state index in [9.17, 15) is 18.8 Å². The molecule has 0 N–H and O–H groups in total. The van der Waals surface area contributed by atoms with Crippen molar-refractivity contribution < 1.29 is 23.4 Å². The van der Waals surface area contributed by atoms with Crippen LogP contribution in [0, 0.1) is 5.82 Å². The van der Waals surface area contributed by atoms with Crippen LogP contribution in [-0.4, -0.2) is 71.3 Å². The van der Waals surface area contributed by atoms with E-state index in [4.69, 9.17) is 14.2 Å². The van der Waals surface area contributed by atoms with Crippen LogP contribution >= 0.6 is 0 Å². The Morgan fingerprint density at radius 2 is 1.67 bits per heavy atom. The Bertz CT molecular complexity index is 764. The highest BCUT2D eigenvalue weighted by Gasteiger charge is 2.34. The molecule has 0 spiro atoms. The van der Waals surface area contributed by atoms with E-state index >= 15 is 0 Å². The molecule has 3 fully saturated rings. The van der Waals surface area contributed by atoms with Gasteiger partial charge in [0.05, 0.1) is 64.0 Å². The van der Waals surface area contributed by atoms with Crippen LogP contribution in [0.25, 0.3) is 0 Å². The van der Waals surface area contributed by atoms with E-state index in [-0.39, 0.29) is 37.9 Å². The van der Waals surface area contributed by atoms with E-state index < -0.39 is 23.1 Å². The second-order valence-corrected chi connectivity index (χ2v) is 6.10. The Hall–Kier alpha value is -2.04. The molecule has 0 aromatic carbocycles. The fraction of sp³-hybridized carbons (Fsp3) is 0.643. The molecule has 3 aliphatic rings. The quantitative estimate of drug-likeness (QED) is 0.591. The second kappa shape index (κ2) is 5.80. The second-order valence-electron chi connectivity index (χ2n) is 6.10. The highest BCUT2D eigenvalue weighted by molar-refractivity contribution is 5.76. The van der Waals surface area contributed by atoms with Gasteiger partial charge in [0, 0.05) is 0 Å². The Balaban J connectivity index is 1.64. The average Bonchev–Trinajstić information content (AvgIpc) is 3.39. The molecule has 24 heavy (non-hydrogen) atoms. The van der Waals surface area contributed by atoms with E-state index in [1.165, 1.54) is 4.90 Å². The minimum atomic E-state index is -1.16. The van der Waals surface area contributed by atoms with Gasteiger partial charge in [-0.2, -0.15) is 4.39 Å². The standard InChI is InChI=1S/C14H16FN3O6/c15-11-4-18(14(21)17(12(11)19)3-10-7-24-10)13(20)16(1-8-5-22-8)2-9-6-23-9/h4,8-10H,1-3,5-7H2. The first kappa shape index (κ1) is 15.5. The first-order valence-electron chi connectivity index (χ1n) is 7.69. The Labute approximate surface area is 135 Å². The lowest BCUT2D eigenvalue weighted by Gasteiger charge is -2.21. The van der Waals surface area contributed by atoms with Gasteiger partial charge >= 0.3 is 11.7 Å². The number of hydrogen-bond acceptors (Lipinski definition) is 6. The Morgan fingerprint density at radius 1 is 1.12 bits per heavy atom. The molecule has 4 rings (SSSR count). The number of carbonyl (C=O) groups excluding carboxylic acids is 1. The number of rotatable bonds is 6. The number of aromatic nitrogens is 2. The van der Waals surface area contributed by atoms with Crippen molar-refractivity contribution in [1.29, 1.82) is 0 Å². The minimum Gasteiger partial charge on any atom is -0.371 e. The van der Waals surface area contributed by atoms with Gasteiger partial charge in [-0.15, -0.1) is 0 Å². The summed E-state index contributed by atoms with van der Waals surface area (Å²) in [5.74, 6) is -1.16. The van der Waals surface area contributed by atoms with Crippen LogP contribution in [0.2, 0.25) is 0 Å². The number of epoxide rings is 3. The van der Waals surface area contributed by atoms with Crippen molar-refractivity contribution in [1.82, 2.24) is 14.0 Å². The van der Waals surface area contributed by atoms with Crippen molar-refractivity contribution in [3.8, 4) is 0 Å². The summed E-state index contributed by atoms with van der Waals surface area (Å²) in [6, 6.07) is -0.699. The fourth-order valence-corrected chi connectivity index (χ4v) is 2.47. The molecule has 4 heterocycles. The number of amides is 1. The largest absolute Gasteiger partial charge is 0.371 e. The summed E-state index contributed by atoms with van der Waals surface area (Å²) >= 11 is 0. The minimum absolute atomic E-state index is 0.0693. The third-order valence-corrected chi connectivity index (χ3v) is 4.05. The molecule has 0 saturated carbocycles. The maximum Gasteiger partial charge on any atom is 0.339 e. The highest BCUT2D eigenvalue weighted by Crippen LogP contribution is 2.16. The summed E-state index contributed by atoms with van der Waals surface area (Å²) in [5, 5.41) is 0. The molecule has 130 valence electrons. The van der Waals surface area contributed by atoms with E-state index in [1.807, 2.05) is 0 Å². The van der Waals surface area contributed by atoms with Gasteiger partial charge in [-0.3, -0.25) is 9.36 Å². The SMILES string of the molecule is O=C(N(CC1CO1)CC1CO1)n1cc(F)c(=O)n(CC2CO2)c1=O. The first-order valence-corrected chi connectivity index (χ1v) is 7.69. The maximum atomic E-state index is 13.9. The molecule has 3 aliphatic heterocycles. The molecule has 1 amide bonds. The summed E-state index contributed by atoms with van der Waals surface area (Å²) in [7, 11) is 0. The van der Waals surface area contributed by atoms with Gasteiger partial charge in [-0.1, -0.05) is 0 Å². The number of hydrogen-bond donors (Lipinski definition) is 0. The van der Waals surface area contributed by atoms with Crippen molar-refractivity contribution in [2.75, 3.05) is 32.9 Å². The van der Waals surface area contributed by atoms with Gasteiger partial charge in [-0.25, -0.2) is 14.2 Å². The normalized spacial score (nSPS) is 27.0. The summed E-state index contributed by atoms with van der Waals surface area (Å²) in [6.45, 7) is 1.99. The summed E-state index contributed by atoms with van der Waals surface area (Å²) in [6.07, 6.45) is 0.181. The fourth-order valence-electron chi connectivity index (χ4n) is 2.47. The van der Waals surface area contributed by atoms with Crippen molar-refractivity contribution in [2.45, 2.75) is 24.9 Å². The number of nitrogens with zero attached hydrogens (tertiary/aromatic N) is 3. The van der Waals surface area contributed by atoms with Crippen LogP contribution < -0.4 is 11.2 Å². The van der Waals surface area contributed by atoms with Gasteiger partial charge in [0.1, 0.15) is 0 Å². The van der Waals surface area contributed by atoms with Gasteiger partial charge in [0.2, 0.25) is 5.82 Å². The van der Waals surface area contributed by atoms with Crippen LogP contribution in [0.15, 0.2) is 15.8 Å². The lowest BCUT2D eigenvalue weighted by molar-refractivity contribution is 0.184. The number of halogens is 1. The predicted octanol–water partition coefficient (Wildman–Crippen LogP) is -1.38. The van der Waals surface area contributed by atoms with Crippen molar-refractivity contribution in [3.05, 3.63) is 32.9 Å². The van der Waals surface area contributed by atoms with Crippen LogP contribution in [0.5, 0.6) is 0 Å². The molecule has 3 unspecified atom stereocenters. The molecule has 0 bridgehead atoms. The molecule has 1 aromatic heterocycles. The zero-order valence-electron chi connectivity index (χ0n) is 12.7. The topological polar surface area (TPSA) is 102 Å². The molecule has 0 aliphatic carbocycles. The van der Waals surface area contributed by atoms with E-state index in [0.717, 1.165) is 0 Å². The van der Waals surface area contributed by atoms with Crippen LogP contribution in [0.3, 0.4) is 0 Å². The maximum absolute atomic E-state index is 13.9. The molecule has 0 radical (unpaired) electrons. The molecular formula is C14H16FN3O6. The zero-order chi connectivity index (χ0) is 16.8. The Morgan fingerprint density at radius 3 is 2.17 bits per heavy atom. The molecule has 1 aromatic rings. The summed E-state index contributed by atoms with van der Waals surface area (Å²) in [5.41, 5.74) is -1.93. The predicted molar refractivity (Wildman–Crippen MR) is 76.5 cm³/mol. The van der Waals surface area contributed by atoms with Crippen molar-refractivity contribution >= 4 is 6.03 Å². The third-order valence-electron chi connectivity index (χ3n) is 4.05. The average molecular weight is 341 g/mol. The van der Waals surface area contributed by atoms with Crippen LogP contribution in [0.4, 0.5) is 9.18 Å². The lowest BCUT2D eigenvalue weighted by Crippen LogP contribution is -2.49. The lowest BCUT2D eigenvalue weighted by atomic mass is 10.3. The van der Waals surface area contributed by atoms with Gasteiger partial charge < -0.3 is 19.1 Å². The third kappa shape index (κ3) is 3.25. The van der Waals surface area contributed by atoms with Gasteiger partial charge in [0.15, 0.2) is 0 Å². The summed E-state index contributed by atoms with van der Waals surface area (Å²) < 4.78 is 30.4. The van der Waals surface area contributed by atoms with Gasteiger partial charge in [-0.05, 0) is 0 Å². The zero-order valence-corrected chi connectivity index (χ0v) is 12.7. The van der Waals surface area contributed by atoms with Crippen LogP contribution in [-0.2, 0) is 20.8 Å². The van der Waals surface area contributed by atoms with Crippen molar-refractivity contribution in [2.24, 2.45) is 0 Å². The molecule has 3 atom stereocenters. The molecule has 3 saturated heterocycles. The van der Waals surface area contributed by atoms with E-state index in [1.54, 1.807) is 0 Å². The number of carbonyl (C=O) groups is 1. The highest BCUT2D eigenvalue weighted by atomic mass is 19.1. The summed E-state index contributed by atoms with van der Waals surface area (Å²) in [4.78, 5) is 38.3. The molecule has 9 nitrogen and oxygen atoms in total. The van der Waals surface area contributed by atoms with Crippen molar-refractivity contribution in [3.63, 3.8) is 0 Å². The van der Waals surface area contributed by atoms with Gasteiger partial charge in [0.25, 0.3) is 5.56 Å². The molecule has 10 heteroatoms.